The van der Waals surface area contributed by atoms with Crippen LogP contribution in [0, 0.1) is 12.7 Å². The van der Waals surface area contributed by atoms with Gasteiger partial charge in [0.1, 0.15) is 11.5 Å². The summed E-state index contributed by atoms with van der Waals surface area (Å²) in [4.78, 5) is 27.9. The highest BCUT2D eigenvalue weighted by Gasteiger charge is 2.39. The first-order valence-electron chi connectivity index (χ1n) is 10.2. The molecule has 1 N–H and O–H groups in total. The Morgan fingerprint density at radius 3 is 2.48 bits per heavy atom. The lowest BCUT2D eigenvalue weighted by Gasteiger charge is -2.16. The predicted octanol–water partition coefficient (Wildman–Crippen LogP) is 4.91. The van der Waals surface area contributed by atoms with Crippen LogP contribution < -0.4 is 14.8 Å². The first-order chi connectivity index (χ1) is 15.9. The summed E-state index contributed by atoms with van der Waals surface area (Å²) in [6.45, 7) is 2.04. The Morgan fingerprint density at radius 1 is 0.970 bits per heavy atom. The fraction of sp³-hybridized carbons (Fsp3) is 0.120. The van der Waals surface area contributed by atoms with Gasteiger partial charge in [0, 0.05) is 10.7 Å². The highest BCUT2D eigenvalue weighted by molar-refractivity contribution is 6.36. The van der Waals surface area contributed by atoms with Crippen LogP contribution in [0.15, 0.2) is 66.4 Å². The van der Waals surface area contributed by atoms with Crippen LogP contribution in [0.4, 0.5) is 10.1 Å². The van der Waals surface area contributed by atoms with Crippen LogP contribution in [0.1, 0.15) is 16.7 Å². The van der Waals surface area contributed by atoms with Crippen LogP contribution in [0.2, 0.25) is 5.02 Å². The monoisotopic (exact) mass is 464 g/mol. The number of benzene rings is 3. The summed E-state index contributed by atoms with van der Waals surface area (Å²) >= 11 is 6.24. The highest BCUT2D eigenvalue weighted by Crippen LogP contribution is 2.35. The van der Waals surface area contributed by atoms with Crippen LogP contribution in [0.3, 0.4) is 0 Å². The summed E-state index contributed by atoms with van der Waals surface area (Å²) < 4.78 is 24.2. The number of hydrogen-bond acceptors (Lipinski definition) is 5. The number of amides is 2. The van der Waals surface area contributed by atoms with Gasteiger partial charge in [0.15, 0.2) is 11.5 Å². The molecule has 0 fully saturated rings. The largest absolute Gasteiger partial charge is 0.454 e. The summed E-state index contributed by atoms with van der Waals surface area (Å²) in [6.07, 6.45) is 0. The minimum atomic E-state index is -0.492. The third-order valence-electron chi connectivity index (χ3n) is 5.52. The SMILES string of the molecule is Cc1ccc(NC2=C(c3ccc(F)cc3)C(=O)N(Cc3ccc4c(c3)OCO4)C2=O)cc1Cl. The molecule has 6 nitrogen and oxygen atoms in total. The smallest absolute Gasteiger partial charge is 0.278 e. The molecule has 0 atom stereocenters. The lowest BCUT2D eigenvalue weighted by Crippen LogP contribution is -2.32. The van der Waals surface area contributed by atoms with Gasteiger partial charge in [-0.3, -0.25) is 14.5 Å². The Kier molecular flexibility index (Phi) is 5.26. The molecule has 0 bridgehead atoms. The van der Waals surface area contributed by atoms with E-state index in [2.05, 4.69) is 5.32 Å². The molecule has 0 radical (unpaired) electrons. The number of fused-ring (bicyclic) bond motifs is 1. The van der Waals surface area contributed by atoms with E-state index in [1.54, 1.807) is 30.3 Å². The van der Waals surface area contributed by atoms with E-state index in [1.807, 2.05) is 13.0 Å². The summed E-state index contributed by atoms with van der Waals surface area (Å²) in [6, 6.07) is 16.0. The van der Waals surface area contributed by atoms with E-state index >= 15 is 0 Å². The van der Waals surface area contributed by atoms with Gasteiger partial charge in [0.2, 0.25) is 6.79 Å². The van der Waals surface area contributed by atoms with Crippen molar-refractivity contribution in [1.82, 2.24) is 4.90 Å². The van der Waals surface area contributed by atoms with E-state index in [1.165, 1.54) is 24.3 Å². The maximum Gasteiger partial charge on any atom is 0.278 e. The zero-order valence-corrected chi connectivity index (χ0v) is 18.3. The van der Waals surface area contributed by atoms with Crippen molar-refractivity contribution < 1.29 is 23.5 Å². The van der Waals surface area contributed by atoms with Gasteiger partial charge < -0.3 is 14.8 Å². The Hall–Kier alpha value is -3.84. The van der Waals surface area contributed by atoms with Crippen molar-refractivity contribution >= 4 is 34.7 Å². The van der Waals surface area contributed by atoms with Gasteiger partial charge in [0.05, 0.1) is 12.1 Å². The second kappa shape index (κ2) is 8.26. The number of anilines is 1. The molecule has 3 aromatic carbocycles. The minimum Gasteiger partial charge on any atom is -0.454 e. The molecule has 0 saturated heterocycles. The number of aryl methyl sites for hydroxylation is 1. The number of rotatable bonds is 5. The molecule has 2 aliphatic heterocycles. The Morgan fingerprint density at radius 2 is 1.73 bits per heavy atom. The van der Waals surface area contributed by atoms with E-state index in [0.29, 0.717) is 33.3 Å². The number of hydrogen-bond donors (Lipinski definition) is 1. The van der Waals surface area contributed by atoms with Crippen LogP contribution in [0.5, 0.6) is 11.5 Å². The molecule has 2 amide bonds. The van der Waals surface area contributed by atoms with Crippen molar-refractivity contribution in [1.29, 1.82) is 0 Å². The molecule has 0 saturated carbocycles. The molecule has 0 aliphatic carbocycles. The van der Waals surface area contributed by atoms with Crippen molar-refractivity contribution in [3.63, 3.8) is 0 Å². The lowest BCUT2D eigenvalue weighted by atomic mass is 10.0. The van der Waals surface area contributed by atoms with Crippen LogP contribution in [-0.2, 0) is 16.1 Å². The molecule has 2 heterocycles. The highest BCUT2D eigenvalue weighted by atomic mass is 35.5. The number of carbonyl (C=O) groups is 2. The normalized spacial score (nSPS) is 14.9. The maximum absolute atomic E-state index is 13.5. The Labute approximate surface area is 194 Å². The van der Waals surface area contributed by atoms with E-state index < -0.39 is 17.6 Å². The molecule has 166 valence electrons. The second-order valence-electron chi connectivity index (χ2n) is 7.73. The van der Waals surface area contributed by atoms with E-state index in [-0.39, 0.29) is 24.6 Å². The standard InChI is InChI=1S/C25H18ClFN2O4/c1-14-2-8-18(11-19(14)26)28-23-22(16-4-6-17(27)7-5-16)24(30)29(25(23)31)12-15-3-9-20-21(10-15)33-13-32-20/h2-11,28H,12-13H2,1H3. The van der Waals surface area contributed by atoms with Crippen molar-refractivity contribution in [2.45, 2.75) is 13.5 Å². The fourth-order valence-electron chi connectivity index (χ4n) is 3.76. The van der Waals surface area contributed by atoms with Gasteiger partial charge in [-0.15, -0.1) is 0 Å². The molecule has 0 aromatic heterocycles. The number of nitrogens with zero attached hydrogens (tertiary/aromatic N) is 1. The van der Waals surface area contributed by atoms with Crippen LogP contribution >= 0.6 is 11.6 Å². The third-order valence-corrected chi connectivity index (χ3v) is 5.93. The van der Waals surface area contributed by atoms with Gasteiger partial charge in [-0.2, -0.15) is 0 Å². The minimum absolute atomic E-state index is 0.0405. The van der Waals surface area contributed by atoms with Gasteiger partial charge in [-0.1, -0.05) is 35.9 Å². The molecule has 3 aromatic rings. The summed E-state index contributed by atoms with van der Waals surface area (Å²) in [5.41, 5.74) is 2.85. The first kappa shape index (κ1) is 21.0. The van der Waals surface area contributed by atoms with Gasteiger partial charge in [0.25, 0.3) is 11.8 Å². The molecule has 33 heavy (non-hydrogen) atoms. The summed E-state index contributed by atoms with van der Waals surface area (Å²) in [5.74, 6) is -0.237. The Balaban J connectivity index is 1.51. The number of carbonyl (C=O) groups excluding carboxylic acids is 2. The van der Waals surface area contributed by atoms with Crippen LogP contribution in [0.25, 0.3) is 5.57 Å². The topological polar surface area (TPSA) is 67.9 Å². The van der Waals surface area contributed by atoms with E-state index in [4.69, 9.17) is 21.1 Å². The summed E-state index contributed by atoms with van der Waals surface area (Å²) in [7, 11) is 0. The first-order valence-corrected chi connectivity index (χ1v) is 10.6. The lowest BCUT2D eigenvalue weighted by molar-refractivity contribution is -0.137. The molecule has 0 unspecified atom stereocenters. The van der Waals surface area contributed by atoms with Crippen molar-refractivity contribution in [2.24, 2.45) is 0 Å². The quantitative estimate of drug-likeness (QED) is 0.543. The van der Waals surface area contributed by atoms with E-state index in [9.17, 15) is 14.0 Å². The molecule has 0 spiro atoms. The predicted molar refractivity (Wildman–Crippen MR) is 121 cm³/mol. The van der Waals surface area contributed by atoms with Gasteiger partial charge >= 0.3 is 0 Å². The van der Waals surface area contributed by atoms with Crippen molar-refractivity contribution in [3.05, 3.63) is 93.9 Å². The zero-order chi connectivity index (χ0) is 23.1. The number of imide groups is 1. The molecule has 2 aliphatic rings. The molecular weight excluding hydrogens is 447 g/mol. The molecule has 8 heteroatoms. The van der Waals surface area contributed by atoms with Crippen molar-refractivity contribution in [3.8, 4) is 11.5 Å². The average Bonchev–Trinajstić information content (AvgIpc) is 3.35. The molecular formula is C25H18ClFN2O4. The van der Waals surface area contributed by atoms with E-state index in [0.717, 1.165) is 10.5 Å². The van der Waals surface area contributed by atoms with Gasteiger partial charge in [-0.05, 0) is 60.0 Å². The fourth-order valence-corrected chi connectivity index (χ4v) is 3.94. The van der Waals surface area contributed by atoms with Gasteiger partial charge in [-0.25, -0.2) is 4.39 Å². The number of nitrogens with one attached hydrogen (secondary N) is 1. The second-order valence-corrected chi connectivity index (χ2v) is 8.14. The number of ether oxygens (including phenoxy) is 2. The zero-order valence-electron chi connectivity index (χ0n) is 17.5. The molecule has 5 rings (SSSR count). The maximum atomic E-state index is 13.5. The third kappa shape index (κ3) is 3.91. The van der Waals surface area contributed by atoms with Crippen molar-refractivity contribution in [2.75, 3.05) is 12.1 Å². The van der Waals surface area contributed by atoms with Crippen LogP contribution in [-0.4, -0.2) is 23.5 Å². The summed E-state index contributed by atoms with van der Waals surface area (Å²) in [5, 5.41) is 3.58. The average molecular weight is 465 g/mol. The Bertz CT molecular complexity index is 1320. The number of halogens is 2.